The molecular weight excluding hydrogens is 349 g/mol. The van der Waals surface area contributed by atoms with Gasteiger partial charge in [-0.3, -0.25) is 4.79 Å². The fourth-order valence-electron chi connectivity index (χ4n) is 1.63. The smallest absolute Gasteiger partial charge is 0.258 e. The standard InChI is InChI=1S/C14H10BrCl2NO/c1-8-5-6-9(15)7-12(8)18-14(19)13-10(16)3-2-4-11(13)17/h2-7H,1H3,(H,18,19). The lowest BCUT2D eigenvalue weighted by atomic mass is 10.1. The van der Waals surface area contributed by atoms with Crippen molar-refractivity contribution in [2.75, 3.05) is 5.32 Å². The van der Waals surface area contributed by atoms with Gasteiger partial charge in [0.05, 0.1) is 15.6 Å². The van der Waals surface area contributed by atoms with E-state index in [1.807, 2.05) is 25.1 Å². The van der Waals surface area contributed by atoms with Crippen LogP contribution in [-0.4, -0.2) is 5.91 Å². The number of hydrogen-bond acceptors (Lipinski definition) is 1. The molecule has 0 spiro atoms. The van der Waals surface area contributed by atoms with E-state index in [4.69, 9.17) is 23.2 Å². The Labute approximate surface area is 129 Å². The van der Waals surface area contributed by atoms with Crippen molar-refractivity contribution in [2.24, 2.45) is 0 Å². The van der Waals surface area contributed by atoms with Gasteiger partial charge in [0.15, 0.2) is 0 Å². The molecule has 19 heavy (non-hydrogen) atoms. The summed E-state index contributed by atoms with van der Waals surface area (Å²) in [5.41, 5.74) is 1.96. The third-order valence-corrected chi connectivity index (χ3v) is 3.76. The van der Waals surface area contributed by atoms with E-state index in [2.05, 4.69) is 21.2 Å². The molecule has 0 aliphatic rings. The number of hydrogen-bond donors (Lipinski definition) is 1. The van der Waals surface area contributed by atoms with Crippen molar-refractivity contribution in [1.29, 1.82) is 0 Å². The molecule has 2 nitrogen and oxygen atoms in total. The number of aryl methyl sites for hydroxylation is 1. The molecule has 5 heteroatoms. The molecule has 98 valence electrons. The van der Waals surface area contributed by atoms with Crippen LogP contribution in [-0.2, 0) is 0 Å². The summed E-state index contributed by atoms with van der Waals surface area (Å²) in [6, 6.07) is 10.6. The van der Waals surface area contributed by atoms with Crippen LogP contribution >= 0.6 is 39.1 Å². The second-order valence-corrected chi connectivity index (χ2v) is 5.74. The van der Waals surface area contributed by atoms with Crippen LogP contribution in [0.2, 0.25) is 10.0 Å². The van der Waals surface area contributed by atoms with Gasteiger partial charge in [-0.05, 0) is 36.8 Å². The Morgan fingerprint density at radius 1 is 1.16 bits per heavy atom. The Balaban J connectivity index is 2.34. The lowest BCUT2D eigenvalue weighted by molar-refractivity contribution is 0.102. The highest BCUT2D eigenvalue weighted by Gasteiger charge is 2.15. The van der Waals surface area contributed by atoms with Crippen molar-refractivity contribution in [1.82, 2.24) is 0 Å². The van der Waals surface area contributed by atoms with Crippen molar-refractivity contribution < 1.29 is 4.79 Å². The first-order valence-corrected chi connectivity index (χ1v) is 7.05. The summed E-state index contributed by atoms with van der Waals surface area (Å²) < 4.78 is 0.888. The zero-order chi connectivity index (χ0) is 14.0. The number of benzene rings is 2. The van der Waals surface area contributed by atoms with E-state index in [0.717, 1.165) is 15.7 Å². The van der Waals surface area contributed by atoms with E-state index < -0.39 is 0 Å². The molecule has 0 aromatic heterocycles. The minimum absolute atomic E-state index is 0.283. The molecule has 2 rings (SSSR count). The molecule has 1 N–H and O–H groups in total. The fourth-order valence-corrected chi connectivity index (χ4v) is 2.56. The average Bonchev–Trinajstić information content (AvgIpc) is 2.33. The minimum atomic E-state index is -0.322. The Morgan fingerprint density at radius 2 is 1.79 bits per heavy atom. The first-order chi connectivity index (χ1) is 8.99. The van der Waals surface area contributed by atoms with Gasteiger partial charge < -0.3 is 5.32 Å². The Bertz CT molecular complexity index is 623. The molecule has 0 heterocycles. The van der Waals surface area contributed by atoms with Crippen LogP contribution in [0.1, 0.15) is 15.9 Å². The summed E-state index contributed by atoms with van der Waals surface area (Å²) in [6.45, 7) is 1.91. The summed E-state index contributed by atoms with van der Waals surface area (Å²) >= 11 is 15.4. The monoisotopic (exact) mass is 357 g/mol. The van der Waals surface area contributed by atoms with Gasteiger partial charge in [0, 0.05) is 10.2 Å². The van der Waals surface area contributed by atoms with E-state index in [9.17, 15) is 4.79 Å². The molecule has 0 radical (unpaired) electrons. The van der Waals surface area contributed by atoms with Crippen molar-refractivity contribution in [2.45, 2.75) is 6.92 Å². The van der Waals surface area contributed by atoms with Crippen molar-refractivity contribution in [3.8, 4) is 0 Å². The second kappa shape index (κ2) is 5.95. The van der Waals surface area contributed by atoms with Gasteiger partial charge in [-0.2, -0.15) is 0 Å². The molecule has 0 saturated carbocycles. The van der Waals surface area contributed by atoms with Gasteiger partial charge in [0.1, 0.15) is 0 Å². The number of amides is 1. The summed E-state index contributed by atoms with van der Waals surface area (Å²) in [5, 5.41) is 3.47. The van der Waals surface area contributed by atoms with E-state index in [-0.39, 0.29) is 11.5 Å². The highest BCUT2D eigenvalue weighted by Crippen LogP contribution is 2.27. The molecule has 0 saturated heterocycles. The Kier molecular flexibility index (Phi) is 4.50. The van der Waals surface area contributed by atoms with Crippen LogP contribution in [0.3, 0.4) is 0 Å². The number of rotatable bonds is 2. The summed E-state index contributed by atoms with van der Waals surface area (Å²) in [7, 11) is 0. The molecule has 0 fully saturated rings. The summed E-state index contributed by atoms with van der Waals surface area (Å²) in [4.78, 5) is 12.2. The predicted molar refractivity (Wildman–Crippen MR) is 83.3 cm³/mol. The SMILES string of the molecule is Cc1ccc(Br)cc1NC(=O)c1c(Cl)cccc1Cl. The maximum atomic E-state index is 12.2. The molecular formula is C14H10BrCl2NO. The van der Waals surface area contributed by atoms with Crippen LogP contribution in [0.25, 0.3) is 0 Å². The van der Waals surface area contributed by atoms with Crippen molar-refractivity contribution in [3.05, 3.63) is 62.0 Å². The van der Waals surface area contributed by atoms with Gasteiger partial charge in [-0.25, -0.2) is 0 Å². The second-order valence-electron chi connectivity index (χ2n) is 4.01. The quantitative estimate of drug-likeness (QED) is 0.773. The minimum Gasteiger partial charge on any atom is -0.322 e. The first kappa shape index (κ1) is 14.4. The molecule has 0 atom stereocenters. The normalized spacial score (nSPS) is 10.3. The Hall–Kier alpha value is -1.03. The lowest BCUT2D eigenvalue weighted by Gasteiger charge is -2.11. The van der Waals surface area contributed by atoms with E-state index >= 15 is 0 Å². The topological polar surface area (TPSA) is 29.1 Å². The number of anilines is 1. The van der Waals surface area contributed by atoms with Crippen LogP contribution < -0.4 is 5.32 Å². The third-order valence-electron chi connectivity index (χ3n) is 2.64. The molecule has 2 aromatic rings. The van der Waals surface area contributed by atoms with Crippen LogP contribution in [0.5, 0.6) is 0 Å². The highest BCUT2D eigenvalue weighted by molar-refractivity contribution is 9.10. The van der Waals surface area contributed by atoms with Crippen LogP contribution in [0, 0.1) is 6.92 Å². The largest absolute Gasteiger partial charge is 0.322 e. The zero-order valence-electron chi connectivity index (χ0n) is 10.0. The van der Waals surface area contributed by atoms with Crippen molar-refractivity contribution >= 4 is 50.7 Å². The summed E-state index contributed by atoms with van der Waals surface area (Å²) in [6.07, 6.45) is 0. The third kappa shape index (κ3) is 3.30. The predicted octanol–water partition coefficient (Wildman–Crippen LogP) is 5.32. The van der Waals surface area contributed by atoms with Gasteiger partial charge in [0.2, 0.25) is 0 Å². The molecule has 0 unspecified atom stereocenters. The maximum absolute atomic E-state index is 12.2. The van der Waals surface area contributed by atoms with Gasteiger partial charge in [-0.1, -0.05) is 51.3 Å². The van der Waals surface area contributed by atoms with E-state index in [0.29, 0.717) is 10.0 Å². The highest BCUT2D eigenvalue weighted by atomic mass is 79.9. The number of halogens is 3. The average molecular weight is 359 g/mol. The first-order valence-electron chi connectivity index (χ1n) is 5.50. The van der Waals surface area contributed by atoms with Crippen molar-refractivity contribution in [3.63, 3.8) is 0 Å². The summed E-state index contributed by atoms with van der Waals surface area (Å²) in [5.74, 6) is -0.322. The molecule has 2 aromatic carbocycles. The molecule has 0 bridgehead atoms. The fraction of sp³-hybridized carbons (Fsp3) is 0.0714. The number of carbonyl (C=O) groups is 1. The molecule has 0 aliphatic carbocycles. The maximum Gasteiger partial charge on any atom is 0.258 e. The van der Waals surface area contributed by atoms with Crippen LogP contribution in [0.4, 0.5) is 5.69 Å². The van der Waals surface area contributed by atoms with Crippen LogP contribution in [0.15, 0.2) is 40.9 Å². The van der Waals surface area contributed by atoms with Gasteiger partial charge in [-0.15, -0.1) is 0 Å². The Morgan fingerprint density at radius 3 is 2.42 bits per heavy atom. The zero-order valence-corrected chi connectivity index (χ0v) is 13.1. The number of carbonyl (C=O) groups excluding carboxylic acids is 1. The number of nitrogens with one attached hydrogen (secondary N) is 1. The van der Waals surface area contributed by atoms with Gasteiger partial charge >= 0.3 is 0 Å². The van der Waals surface area contributed by atoms with E-state index in [1.165, 1.54) is 0 Å². The molecule has 1 amide bonds. The molecule has 0 aliphatic heterocycles. The lowest BCUT2D eigenvalue weighted by Crippen LogP contribution is -2.14. The van der Waals surface area contributed by atoms with E-state index in [1.54, 1.807) is 18.2 Å². The van der Waals surface area contributed by atoms with Gasteiger partial charge in [0.25, 0.3) is 5.91 Å².